The Balaban J connectivity index is 2.54. The molecule has 2 nitrogen and oxygen atoms in total. The molecule has 0 radical (unpaired) electrons. The van der Waals surface area contributed by atoms with Crippen LogP contribution in [0.15, 0.2) is 30.3 Å². The van der Waals surface area contributed by atoms with Crippen LogP contribution in [0.2, 0.25) is 15.1 Å². The van der Waals surface area contributed by atoms with Crippen LogP contribution < -0.4 is 4.74 Å². The molecule has 104 valence electrons. The average molecular weight is 334 g/mol. The summed E-state index contributed by atoms with van der Waals surface area (Å²) in [5.74, 6) is -0.837. The van der Waals surface area contributed by atoms with E-state index in [1.807, 2.05) is 0 Å². The van der Waals surface area contributed by atoms with Gasteiger partial charge in [0.25, 0.3) is 0 Å². The predicted octanol–water partition coefficient (Wildman–Crippen LogP) is 5.03. The predicted molar refractivity (Wildman–Crippen MR) is 77.9 cm³/mol. The Morgan fingerprint density at radius 1 is 1.10 bits per heavy atom. The van der Waals surface area contributed by atoms with Crippen molar-refractivity contribution in [3.63, 3.8) is 0 Å². The molecule has 0 aliphatic carbocycles. The van der Waals surface area contributed by atoms with Gasteiger partial charge in [-0.1, -0.05) is 40.9 Å². The summed E-state index contributed by atoms with van der Waals surface area (Å²) in [6.45, 7) is 0. The van der Waals surface area contributed by atoms with Gasteiger partial charge in [0, 0.05) is 17.2 Å². The van der Waals surface area contributed by atoms with Crippen molar-refractivity contribution in [2.24, 2.45) is 0 Å². The van der Waals surface area contributed by atoms with E-state index in [2.05, 4.69) is 0 Å². The highest BCUT2D eigenvalue weighted by Gasteiger charge is 2.19. The number of rotatable bonds is 3. The van der Waals surface area contributed by atoms with Crippen molar-refractivity contribution in [2.45, 2.75) is 0 Å². The molecule has 0 amide bonds. The first-order valence-corrected chi connectivity index (χ1v) is 6.61. The molecule has 0 unspecified atom stereocenters. The van der Waals surface area contributed by atoms with Crippen molar-refractivity contribution in [2.75, 3.05) is 7.11 Å². The first-order valence-electron chi connectivity index (χ1n) is 5.47. The van der Waals surface area contributed by atoms with E-state index in [-0.39, 0.29) is 26.2 Å². The molecule has 0 aromatic heterocycles. The highest BCUT2D eigenvalue weighted by atomic mass is 35.5. The number of methoxy groups -OCH3 is 1. The zero-order valence-corrected chi connectivity index (χ0v) is 12.5. The summed E-state index contributed by atoms with van der Waals surface area (Å²) in [4.78, 5) is 12.4. The van der Waals surface area contributed by atoms with Gasteiger partial charge in [-0.05, 0) is 18.2 Å². The maximum atomic E-state index is 13.4. The van der Waals surface area contributed by atoms with Gasteiger partial charge in [-0.2, -0.15) is 0 Å². The van der Waals surface area contributed by atoms with Crippen LogP contribution in [0.25, 0.3) is 0 Å². The number of hydrogen-bond acceptors (Lipinski definition) is 2. The molecule has 2 aromatic rings. The molecular weight excluding hydrogens is 326 g/mol. The van der Waals surface area contributed by atoms with Crippen molar-refractivity contribution in [1.29, 1.82) is 0 Å². The number of carbonyl (C=O) groups excluding carboxylic acids is 1. The van der Waals surface area contributed by atoms with Crippen molar-refractivity contribution in [1.82, 2.24) is 0 Å². The first kappa shape index (κ1) is 15.1. The molecule has 0 N–H and O–H groups in total. The van der Waals surface area contributed by atoms with Gasteiger partial charge in [-0.3, -0.25) is 4.79 Å². The Morgan fingerprint density at radius 3 is 2.45 bits per heavy atom. The molecule has 0 saturated heterocycles. The summed E-state index contributed by atoms with van der Waals surface area (Å²) in [6, 6.07) is 6.77. The maximum Gasteiger partial charge on any atom is 0.196 e. The van der Waals surface area contributed by atoms with Gasteiger partial charge in [0.2, 0.25) is 0 Å². The lowest BCUT2D eigenvalue weighted by molar-refractivity contribution is 0.103. The van der Waals surface area contributed by atoms with E-state index in [9.17, 15) is 9.18 Å². The molecule has 20 heavy (non-hydrogen) atoms. The van der Waals surface area contributed by atoms with E-state index in [1.54, 1.807) is 0 Å². The largest absolute Gasteiger partial charge is 0.495 e. The topological polar surface area (TPSA) is 26.3 Å². The number of benzene rings is 2. The Kier molecular flexibility index (Phi) is 4.53. The molecule has 2 rings (SSSR count). The SMILES string of the molecule is COc1cc(Cl)c(C(=O)c2cccc(F)c2Cl)cc1Cl. The smallest absolute Gasteiger partial charge is 0.196 e. The normalized spacial score (nSPS) is 10.4. The lowest BCUT2D eigenvalue weighted by Gasteiger charge is -2.09. The molecule has 0 saturated carbocycles. The monoisotopic (exact) mass is 332 g/mol. The standard InChI is InChI=1S/C14H8Cl3FO2/c1-20-12-6-9(15)8(5-10(12)16)14(19)7-3-2-4-11(18)13(7)17/h2-6H,1H3. The van der Waals surface area contributed by atoms with Crippen molar-refractivity contribution < 1.29 is 13.9 Å². The van der Waals surface area contributed by atoms with E-state index < -0.39 is 11.6 Å². The van der Waals surface area contributed by atoms with Crippen LogP contribution in [0.4, 0.5) is 4.39 Å². The molecule has 6 heteroatoms. The third-order valence-electron chi connectivity index (χ3n) is 2.68. The second-order valence-electron chi connectivity index (χ2n) is 3.90. The summed E-state index contributed by atoms with van der Waals surface area (Å²) in [6.07, 6.45) is 0. The van der Waals surface area contributed by atoms with Gasteiger partial charge in [0.05, 0.1) is 22.2 Å². The fourth-order valence-electron chi connectivity index (χ4n) is 1.68. The van der Waals surface area contributed by atoms with Gasteiger partial charge in [0.15, 0.2) is 5.78 Å². The van der Waals surface area contributed by atoms with Gasteiger partial charge in [-0.25, -0.2) is 4.39 Å². The molecule has 0 aliphatic heterocycles. The summed E-state index contributed by atoms with van der Waals surface area (Å²) in [5.41, 5.74) is 0.153. The Morgan fingerprint density at radius 2 is 1.80 bits per heavy atom. The minimum Gasteiger partial charge on any atom is -0.495 e. The third kappa shape index (κ3) is 2.75. The van der Waals surface area contributed by atoms with Crippen molar-refractivity contribution >= 4 is 40.6 Å². The van der Waals surface area contributed by atoms with Gasteiger partial charge >= 0.3 is 0 Å². The summed E-state index contributed by atoms with van der Waals surface area (Å²) < 4.78 is 18.4. The van der Waals surface area contributed by atoms with E-state index in [0.29, 0.717) is 5.75 Å². The van der Waals surface area contributed by atoms with Crippen LogP contribution in [-0.4, -0.2) is 12.9 Å². The number of ether oxygens (including phenoxy) is 1. The fourth-order valence-corrected chi connectivity index (χ4v) is 2.38. The van der Waals surface area contributed by atoms with Crippen LogP contribution in [0.5, 0.6) is 5.75 Å². The maximum absolute atomic E-state index is 13.4. The van der Waals surface area contributed by atoms with E-state index in [0.717, 1.165) is 0 Å². The minimum absolute atomic E-state index is 0.0230. The molecule has 0 spiro atoms. The number of halogens is 4. The van der Waals surface area contributed by atoms with E-state index in [4.69, 9.17) is 39.5 Å². The fraction of sp³-hybridized carbons (Fsp3) is 0.0714. The van der Waals surface area contributed by atoms with Crippen molar-refractivity contribution in [3.8, 4) is 5.75 Å². The minimum atomic E-state index is -0.673. The van der Waals surface area contributed by atoms with Crippen LogP contribution in [0.1, 0.15) is 15.9 Å². The molecule has 0 fully saturated rings. The second kappa shape index (κ2) is 6.00. The molecular formula is C14H8Cl3FO2. The molecule has 2 aromatic carbocycles. The van der Waals surface area contributed by atoms with Crippen LogP contribution in [0, 0.1) is 5.82 Å². The molecule has 0 atom stereocenters. The van der Waals surface area contributed by atoms with Crippen molar-refractivity contribution in [3.05, 3.63) is 62.3 Å². The summed E-state index contributed by atoms with van der Waals surface area (Å²) >= 11 is 17.8. The number of carbonyl (C=O) groups is 1. The van der Waals surface area contributed by atoms with Crippen LogP contribution in [0.3, 0.4) is 0 Å². The molecule has 0 aliphatic rings. The number of hydrogen-bond donors (Lipinski definition) is 0. The highest BCUT2D eigenvalue weighted by molar-refractivity contribution is 6.39. The molecule has 0 bridgehead atoms. The summed E-state index contributed by atoms with van der Waals surface area (Å²) in [7, 11) is 1.43. The Hall–Kier alpha value is -1.29. The zero-order valence-electron chi connectivity index (χ0n) is 10.2. The van der Waals surface area contributed by atoms with Gasteiger partial charge < -0.3 is 4.74 Å². The zero-order chi connectivity index (χ0) is 14.9. The lowest BCUT2D eigenvalue weighted by Crippen LogP contribution is -2.04. The Labute approximate surface area is 130 Å². The number of ketones is 1. The van der Waals surface area contributed by atoms with Gasteiger partial charge in [0.1, 0.15) is 11.6 Å². The third-order valence-corrected chi connectivity index (χ3v) is 3.67. The van der Waals surface area contributed by atoms with E-state index >= 15 is 0 Å². The van der Waals surface area contributed by atoms with Gasteiger partial charge in [-0.15, -0.1) is 0 Å². The van der Waals surface area contributed by atoms with Crippen LogP contribution in [-0.2, 0) is 0 Å². The first-order chi connectivity index (χ1) is 9.45. The van der Waals surface area contributed by atoms with E-state index in [1.165, 1.54) is 37.4 Å². The highest BCUT2D eigenvalue weighted by Crippen LogP contribution is 2.33. The second-order valence-corrected chi connectivity index (χ2v) is 5.09. The van der Waals surface area contributed by atoms with Crippen LogP contribution >= 0.6 is 34.8 Å². The lowest BCUT2D eigenvalue weighted by atomic mass is 10.0. The quantitative estimate of drug-likeness (QED) is 0.737. The Bertz CT molecular complexity index is 686. The summed E-state index contributed by atoms with van der Waals surface area (Å²) in [5, 5.41) is 0.130. The molecule has 0 heterocycles. The average Bonchev–Trinajstić information content (AvgIpc) is 2.43.